The van der Waals surface area contributed by atoms with Gasteiger partial charge in [0.25, 0.3) is 0 Å². The molecule has 0 bridgehead atoms. The monoisotopic (exact) mass is 224 g/mol. The van der Waals surface area contributed by atoms with Gasteiger partial charge in [-0.1, -0.05) is 6.92 Å². The van der Waals surface area contributed by atoms with E-state index in [1.807, 2.05) is 0 Å². The zero-order valence-corrected chi connectivity index (χ0v) is 10.3. The number of hydrogen-bond donors (Lipinski definition) is 1. The van der Waals surface area contributed by atoms with Gasteiger partial charge in [0.1, 0.15) is 0 Å². The van der Waals surface area contributed by atoms with Crippen molar-refractivity contribution in [3.05, 3.63) is 0 Å². The molecule has 1 saturated heterocycles. The van der Waals surface area contributed by atoms with Crippen LogP contribution in [0.25, 0.3) is 0 Å². The molecule has 1 aliphatic carbocycles. The Kier molecular flexibility index (Phi) is 3.85. The summed E-state index contributed by atoms with van der Waals surface area (Å²) in [5, 5.41) is 0. The predicted molar refractivity (Wildman–Crippen MR) is 64.9 cm³/mol. The first-order valence-corrected chi connectivity index (χ1v) is 6.70. The van der Waals surface area contributed by atoms with Crippen LogP contribution in [0, 0.1) is 11.8 Å². The van der Waals surface area contributed by atoms with Gasteiger partial charge in [-0.3, -0.25) is 9.69 Å². The molecule has 1 saturated carbocycles. The standard InChI is InChI=1S/C13H24N2O/c1-10-4-6-12(7-5-10)15-8-2-3-11(9-15)13(14)16/h10-12H,2-9H2,1H3,(H2,14,16)/t10?,11-,12?/m1/s1. The average Bonchev–Trinajstić information content (AvgIpc) is 2.30. The summed E-state index contributed by atoms with van der Waals surface area (Å²) in [6, 6.07) is 0.721. The van der Waals surface area contributed by atoms with Gasteiger partial charge in [-0.15, -0.1) is 0 Å². The molecule has 0 unspecified atom stereocenters. The highest BCUT2D eigenvalue weighted by atomic mass is 16.1. The van der Waals surface area contributed by atoms with Gasteiger partial charge in [0.15, 0.2) is 0 Å². The number of piperidine rings is 1. The van der Waals surface area contributed by atoms with Crippen LogP contribution in [0.4, 0.5) is 0 Å². The van der Waals surface area contributed by atoms with Crippen molar-refractivity contribution >= 4 is 5.91 Å². The van der Waals surface area contributed by atoms with Crippen LogP contribution in [0.15, 0.2) is 0 Å². The van der Waals surface area contributed by atoms with Crippen LogP contribution in [0.5, 0.6) is 0 Å². The van der Waals surface area contributed by atoms with Crippen LogP contribution in [-0.4, -0.2) is 29.9 Å². The van der Waals surface area contributed by atoms with E-state index in [1.165, 1.54) is 32.2 Å². The highest BCUT2D eigenvalue weighted by Crippen LogP contribution is 2.29. The van der Waals surface area contributed by atoms with E-state index in [0.717, 1.165) is 31.3 Å². The molecule has 92 valence electrons. The zero-order valence-electron chi connectivity index (χ0n) is 10.3. The number of nitrogens with two attached hydrogens (primary N) is 1. The summed E-state index contributed by atoms with van der Waals surface area (Å²) in [5.74, 6) is 0.898. The molecule has 3 nitrogen and oxygen atoms in total. The van der Waals surface area contributed by atoms with Crippen molar-refractivity contribution in [1.29, 1.82) is 0 Å². The van der Waals surface area contributed by atoms with E-state index in [4.69, 9.17) is 5.73 Å². The number of nitrogens with zero attached hydrogens (tertiary/aromatic N) is 1. The Labute approximate surface area is 98.4 Å². The van der Waals surface area contributed by atoms with Crippen molar-refractivity contribution in [2.75, 3.05) is 13.1 Å². The van der Waals surface area contributed by atoms with Gasteiger partial charge in [0, 0.05) is 12.6 Å². The lowest BCUT2D eigenvalue weighted by Gasteiger charge is -2.40. The summed E-state index contributed by atoms with van der Waals surface area (Å²) in [5.41, 5.74) is 5.42. The number of hydrogen-bond acceptors (Lipinski definition) is 2. The molecule has 16 heavy (non-hydrogen) atoms. The molecule has 0 aromatic rings. The lowest BCUT2D eigenvalue weighted by Crippen LogP contribution is -2.47. The van der Waals surface area contributed by atoms with Crippen molar-refractivity contribution in [1.82, 2.24) is 4.90 Å². The van der Waals surface area contributed by atoms with E-state index >= 15 is 0 Å². The first-order valence-electron chi connectivity index (χ1n) is 6.70. The Bertz CT molecular complexity index is 246. The molecule has 2 fully saturated rings. The van der Waals surface area contributed by atoms with Gasteiger partial charge in [-0.05, 0) is 51.0 Å². The van der Waals surface area contributed by atoms with E-state index in [1.54, 1.807) is 0 Å². The van der Waals surface area contributed by atoms with Gasteiger partial charge in [-0.25, -0.2) is 0 Å². The molecule has 3 heteroatoms. The summed E-state index contributed by atoms with van der Waals surface area (Å²) in [7, 11) is 0. The second kappa shape index (κ2) is 5.17. The normalized spacial score (nSPS) is 37.2. The van der Waals surface area contributed by atoms with Crippen molar-refractivity contribution in [3.63, 3.8) is 0 Å². The summed E-state index contributed by atoms with van der Waals surface area (Å²) in [4.78, 5) is 13.7. The third kappa shape index (κ3) is 2.76. The second-order valence-electron chi connectivity index (χ2n) is 5.65. The SMILES string of the molecule is CC1CCC(N2CCC[C@@H](C(N)=O)C2)CC1. The number of likely N-dealkylation sites (tertiary alicyclic amines) is 1. The first kappa shape index (κ1) is 11.9. The molecule has 1 atom stereocenters. The molecule has 1 heterocycles. The summed E-state index contributed by atoms with van der Waals surface area (Å²) in [6.07, 6.45) is 7.46. The molecular formula is C13H24N2O. The zero-order chi connectivity index (χ0) is 11.5. The number of amides is 1. The van der Waals surface area contributed by atoms with Crippen molar-refractivity contribution in [3.8, 4) is 0 Å². The Morgan fingerprint density at radius 3 is 2.50 bits per heavy atom. The number of rotatable bonds is 2. The largest absolute Gasteiger partial charge is 0.369 e. The van der Waals surface area contributed by atoms with Crippen LogP contribution in [0.1, 0.15) is 45.4 Å². The number of carbonyl (C=O) groups is 1. The minimum atomic E-state index is -0.103. The topological polar surface area (TPSA) is 46.3 Å². The van der Waals surface area contributed by atoms with Crippen LogP contribution in [0.3, 0.4) is 0 Å². The van der Waals surface area contributed by atoms with E-state index in [9.17, 15) is 4.79 Å². The van der Waals surface area contributed by atoms with Crippen molar-refractivity contribution in [2.45, 2.75) is 51.5 Å². The molecule has 2 N–H and O–H groups in total. The molecule has 2 aliphatic rings. The van der Waals surface area contributed by atoms with Crippen molar-refractivity contribution < 1.29 is 4.79 Å². The maximum Gasteiger partial charge on any atom is 0.221 e. The average molecular weight is 224 g/mol. The van der Waals surface area contributed by atoms with Crippen LogP contribution in [-0.2, 0) is 4.79 Å². The van der Waals surface area contributed by atoms with E-state index in [2.05, 4.69) is 11.8 Å². The molecule has 0 aromatic carbocycles. The maximum absolute atomic E-state index is 11.2. The summed E-state index contributed by atoms with van der Waals surface area (Å²) < 4.78 is 0. The molecule has 2 rings (SSSR count). The molecule has 0 aromatic heterocycles. The molecule has 0 radical (unpaired) electrons. The molecule has 1 amide bonds. The van der Waals surface area contributed by atoms with E-state index < -0.39 is 0 Å². The molecular weight excluding hydrogens is 200 g/mol. The van der Waals surface area contributed by atoms with Crippen molar-refractivity contribution in [2.24, 2.45) is 17.6 Å². The third-order valence-corrected chi connectivity index (χ3v) is 4.36. The van der Waals surface area contributed by atoms with Crippen LogP contribution < -0.4 is 5.73 Å². The smallest absolute Gasteiger partial charge is 0.221 e. The Morgan fingerprint density at radius 2 is 1.88 bits per heavy atom. The maximum atomic E-state index is 11.2. The second-order valence-corrected chi connectivity index (χ2v) is 5.65. The van der Waals surface area contributed by atoms with Gasteiger partial charge in [-0.2, -0.15) is 0 Å². The fraction of sp³-hybridized carbons (Fsp3) is 0.923. The third-order valence-electron chi connectivity index (χ3n) is 4.36. The first-order chi connectivity index (χ1) is 7.66. The lowest BCUT2D eigenvalue weighted by atomic mass is 9.85. The fourth-order valence-corrected chi connectivity index (χ4v) is 3.18. The van der Waals surface area contributed by atoms with Crippen LogP contribution >= 0.6 is 0 Å². The highest BCUT2D eigenvalue weighted by molar-refractivity contribution is 5.76. The lowest BCUT2D eigenvalue weighted by molar-refractivity contribution is -0.123. The van der Waals surface area contributed by atoms with Gasteiger partial charge in [0.05, 0.1) is 5.92 Å². The fourth-order valence-electron chi connectivity index (χ4n) is 3.18. The van der Waals surface area contributed by atoms with E-state index in [0.29, 0.717) is 0 Å². The van der Waals surface area contributed by atoms with Gasteiger partial charge in [0.2, 0.25) is 5.91 Å². The van der Waals surface area contributed by atoms with Crippen LogP contribution in [0.2, 0.25) is 0 Å². The Morgan fingerprint density at radius 1 is 1.19 bits per heavy atom. The minimum absolute atomic E-state index is 0.103. The molecule has 0 spiro atoms. The predicted octanol–water partition coefficient (Wildman–Crippen LogP) is 1.76. The van der Waals surface area contributed by atoms with E-state index in [-0.39, 0.29) is 11.8 Å². The van der Waals surface area contributed by atoms with Gasteiger partial charge < -0.3 is 5.73 Å². The summed E-state index contributed by atoms with van der Waals surface area (Å²) in [6.45, 7) is 4.43. The number of carbonyl (C=O) groups excluding carboxylic acids is 1. The Hall–Kier alpha value is -0.570. The Balaban J connectivity index is 1.87. The highest BCUT2D eigenvalue weighted by Gasteiger charge is 2.30. The molecule has 1 aliphatic heterocycles. The quantitative estimate of drug-likeness (QED) is 0.777. The minimum Gasteiger partial charge on any atom is -0.369 e. The summed E-state index contributed by atoms with van der Waals surface area (Å²) >= 11 is 0. The van der Waals surface area contributed by atoms with Gasteiger partial charge >= 0.3 is 0 Å². The number of primary amides is 1.